The summed E-state index contributed by atoms with van der Waals surface area (Å²) in [4.78, 5) is 23.4. The zero-order valence-electron chi connectivity index (χ0n) is 10.6. The monoisotopic (exact) mass is 250 g/mol. The van der Waals surface area contributed by atoms with Crippen LogP contribution in [0.3, 0.4) is 0 Å². The van der Waals surface area contributed by atoms with Crippen molar-refractivity contribution in [2.24, 2.45) is 0 Å². The van der Waals surface area contributed by atoms with Crippen LogP contribution in [0.2, 0.25) is 0 Å². The van der Waals surface area contributed by atoms with E-state index in [-0.39, 0.29) is 19.0 Å². The van der Waals surface area contributed by atoms with Crippen LogP contribution < -0.4 is 5.32 Å². The molecule has 5 heteroatoms. The minimum Gasteiger partial charge on any atom is -0.481 e. The highest BCUT2D eigenvalue weighted by Gasteiger charge is 2.09. The van der Waals surface area contributed by atoms with Gasteiger partial charge in [-0.25, -0.2) is 4.79 Å². The van der Waals surface area contributed by atoms with E-state index in [1.54, 1.807) is 7.05 Å². The summed E-state index contributed by atoms with van der Waals surface area (Å²) in [6.45, 7) is 2.63. The average molecular weight is 250 g/mol. The second-order valence-corrected chi connectivity index (χ2v) is 4.15. The number of urea groups is 1. The van der Waals surface area contributed by atoms with E-state index in [4.69, 9.17) is 5.11 Å². The highest BCUT2D eigenvalue weighted by atomic mass is 16.4. The molecule has 2 amide bonds. The van der Waals surface area contributed by atoms with Gasteiger partial charge < -0.3 is 15.3 Å². The van der Waals surface area contributed by atoms with Gasteiger partial charge in [0.2, 0.25) is 0 Å². The summed E-state index contributed by atoms with van der Waals surface area (Å²) in [6.07, 6.45) is -0.0473. The number of rotatable bonds is 5. The van der Waals surface area contributed by atoms with Crippen molar-refractivity contribution in [2.45, 2.75) is 19.9 Å². The van der Waals surface area contributed by atoms with E-state index in [0.29, 0.717) is 6.54 Å². The summed E-state index contributed by atoms with van der Waals surface area (Å²) in [5.41, 5.74) is 2.17. The Bertz CT molecular complexity index is 432. The molecule has 0 aliphatic rings. The number of nitrogens with zero attached hydrogens (tertiary/aromatic N) is 1. The Balaban J connectivity index is 2.41. The van der Waals surface area contributed by atoms with Crippen molar-refractivity contribution in [1.29, 1.82) is 0 Å². The third-order valence-corrected chi connectivity index (χ3v) is 2.70. The molecule has 1 aromatic rings. The van der Waals surface area contributed by atoms with Crippen LogP contribution in [0, 0.1) is 6.92 Å². The first-order valence-electron chi connectivity index (χ1n) is 5.76. The van der Waals surface area contributed by atoms with Crippen molar-refractivity contribution in [3.8, 4) is 0 Å². The largest absolute Gasteiger partial charge is 0.481 e. The molecular formula is C13H18N2O3. The normalized spacial score (nSPS) is 9.89. The van der Waals surface area contributed by atoms with Gasteiger partial charge in [0.1, 0.15) is 0 Å². The van der Waals surface area contributed by atoms with Gasteiger partial charge in [-0.2, -0.15) is 0 Å². The molecule has 0 aliphatic heterocycles. The van der Waals surface area contributed by atoms with Crippen molar-refractivity contribution < 1.29 is 14.7 Å². The number of amides is 2. The molecule has 0 heterocycles. The van der Waals surface area contributed by atoms with E-state index in [9.17, 15) is 9.59 Å². The minimum atomic E-state index is -0.909. The molecule has 98 valence electrons. The molecule has 0 aliphatic carbocycles. The molecule has 0 spiro atoms. The van der Waals surface area contributed by atoms with E-state index in [1.807, 2.05) is 31.2 Å². The van der Waals surface area contributed by atoms with Crippen molar-refractivity contribution in [2.75, 3.05) is 13.6 Å². The molecule has 2 N–H and O–H groups in total. The lowest BCUT2D eigenvalue weighted by molar-refractivity contribution is -0.137. The van der Waals surface area contributed by atoms with E-state index in [2.05, 4.69) is 5.32 Å². The van der Waals surface area contributed by atoms with Gasteiger partial charge in [0.05, 0.1) is 6.42 Å². The molecule has 0 radical (unpaired) electrons. The molecule has 0 aromatic heterocycles. The summed E-state index contributed by atoms with van der Waals surface area (Å²) in [5, 5.41) is 11.3. The van der Waals surface area contributed by atoms with Gasteiger partial charge in [0.25, 0.3) is 0 Å². The highest BCUT2D eigenvalue weighted by Crippen LogP contribution is 2.06. The van der Waals surface area contributed by atoms with Gasteiger partial charge in [-0.15, -0.1) is 0 Å². The molecule has 18 heavy (non-hydrogen) atoms. The van der Waals surface area contributed by atoms with E-state index < -0.39 is 5.97 Å². The summed E-state index contributed by atoms with van der Waals surface area (Å²) < 4.78 is 0. The average Bonchev–Trinajstić information content (AvgIpc) is 2.34. The van der Waals surface area contributed by atoms with E-state index >= 15 is 0 Å². The van der Waals surface area contributed by atoms with Crippen LogP contribution >= 0.6 is 0 Å². The Morgan fingerprint density at radius 2 is 2.00 bits per heavy atom. The van der Waals surface area contributed by atoms with Crippen molar-refractivity contribution in [3.05, 3.63) is 35.4 Å². The Kier molecular flexibility index (Phi) is 5.17. The van der Waals surface area contributed by atoms with Crippen LogP contribution in [0.15, 0.2) is 24.3 Å². The molecule has 0 atom stereocenters. The molecule has 0 fully saturated rings. The second kappa shape index (κ2) is 6.64. The topological polar surface area (TPSA) is 69.6 Å². The first-order valence-corrected chi connectivity index (χ1v) is 5.76. The lowest BCUT2D eigenvalue weighted by atomic mass is 10.1. The third-order valence-electron chi connectivity index (χ3n) is 2.70. The van der Waals surface area contributed by atoms with Gasteiger partial charge in [-0.05, 0) is 18.1 Å². The van der Waals surface area contributed by atoms with Crippen LogP contribution in [0.1, 0.15) is 17.5 Å². The molecule has 0 saturated heterocycles. The first-order chi connectivity index (χ1) is 8.50. The van der Waals surface area contributed by atoms with Gasteiger partial charge in [-0.3, -0.25) is 4.79 Å². The Hall–Kier alpha value is -2.04. The maximum atomic E-state index is 11.7. The third kappa shape index (κ3) is 4.45. The molecule has 0 unspecified atom stereocenters. The Labute approximate surface area is 106 Å². The maximum absolute atomic E-state index is 11.7. The lowest BCUT2D eigenvalue weighted by Gasteiger charge is -2.17. The van der Waals surface area contributed by atoms with Gasteiger partial charge in [-0.1, -0.05) is 24.3 Å². The lowest BCUT2D eigenvalue weighted by Crippen LogP contribution is -2.38. The minimum absolute atomic E-state index is 0.0473. The van der Waals surface area contributed by atoms with Crippen LogP contribution in [0.25, 0.3) is 0 Å². The molecule has 1 rings (SSSR count). The summed E-state index contributed by atoms with van der Waals surface area (Å²) in [7, 11) is 1.58. The van der Waals surface area contributed by atoms with Crippen LogP contribution in [0.4, 0.5) is 4.79 Å². The first kappa shape index (κ1) is 14.0. The van der Waals surface area contributed by atoms with E-state index in [1.165, 1.54) is 4.90 Å². The fourth-order valence-electron chi connectivity index (χ4n) is 1.48. The molecule has 0 saturated carbocycles. The predicted molar refractivity (Wildman–Crippen MR) is 68.3 cm³/mol. The SMILES string of the molecule is Cc1ccccc1CNC(=O)N(C)CCC(=O)O. The second-order valence-electron chi connectivity index (χ2n) is 4.15. The number of aliphatic carboxylic acids is 1. The van der Waals surface area contributed by atoms with Crippen LogP contribution in [-0.2, 0) is 11.3 Å². The number of hydrogen-bond donors (Lipinski definition) is 2. The molecular weight excluding hydrogens is 232 g/mol. The number of hydrogen-bond acceptors (Lipinski definition) is 2. The van der Waals surface area contributed by atoms with E-state index in [0.717, 1.165) is 11.1 Å². The van der Waals surface area contributed by atoms with Gasteiger partial charge in [0.15, 0.2) is 0 Å². The number of carbonyl (C=O) groups is 2. The smallest absolute Gasteiger partial charge is 0.317 e. The number of nitrogens with one attached hydrogen (secondary N) is 1. The zero-order valence-corrected chi connectivity index (χ0v) is 10.6. The van der Waals surface area contributed by atoms with Crippen LogP contribution in [-0.4, -0.2) is 35.6 Å². The number of carboxylic acid groups (broad SMARTS) is 1. The summed E-state index contributed by atoms with van der Waals surface area (Å²) >= 11 is 0. The summed E-state index contributed by atoms with van der Waals surface area (Å²) in [5.74, 6) is -0.909. The summed E-state index contributed by atoms with van der Waals surface area (Å²) in [6, 6.07) is 7.53. The van der Waals surface area contributed by atoms with Crippen molar-refractivity contribution in [1.82, 2.24) is 10.2 Å². The fraction of sp³-hybridized carbons (Fsp3) is 0.385. The maximum Gasteiger partial charge on any atom is 0.317 e. The Morgan fingerprint density at radius 3 is 2.61 bits per heavy atom. The van der Waals surface area contributed by atoms with Crippen molar-refractivity contribution in [3.63, 3.8) is 0 Å². The molecule has 0 bridgehead atoms. The standard InChI is InChI=1S/C13H18N2O3/c1-10-5-3-4-6-11(10)9-14-13(18)15(2)8-7-12(16)17/h3-6H,7-9H2,1-2H3,(H,14,18)(H,16,17). The number of carboxylic acids is 1. The number of aryl methyl sites for hydroxylation is 1. The van der Waals surface area contributed by atoms with Gasteiger partial charge >= 0.3 is 12.0 Å². The fourth-order valence-corrected chi connectivity index (χ4v) is 1.48. The number of benzene rings is 1. The molecule has 5 nitrogen and oxygen atoms in total. The van der Waals surface area contributed by atoms with Gasteiger partial charge in [0, 0.05) is 20.1 Å². The highest BCUT2D eigenvalue weighted by molar-refractivity contribution is 5.75. The molecule has 1 aromatic carbocycles. The Morgan fingerprint density at radius 1 is 1.33 bits per heavy atom. The van der Waals surface area contributed by atoms with Crippen LogP contribution in [0.5, 0.6) is 0 Å². The predicted octanol–water partition coefficient (Wildman–Crippen LogP) is 1.61. The zero-order chi connectivity index (χ0) is 13.5. The van der Waals surface area contributed by atoms with Crippen molar-refractivity contribution >= 4 is 12.0 Å². The number of carbonyl (C=O) groups excluding carboxylic acids is 1. The quantitative estimate of drug-likeness (QED) is 0.834.